The third-order valence-electron chi connectivity index (χ3n) is 3.31. The van der Waals surface area contributed by atoms with Crippen molar-refractivity contribution in [1.82, 2.24) is 5.32 Å². The fraction of sp³-hybridized carbons (Fsp3) is 0.375. The first-order valence-electron chi connectivity index (χ1n) is 6.56. The van der Waals surface area contributed by atoms with Gasteiger partial charge in [-0.05, 0) is 38.0 Å². The maximum atomic E-state index is 5.43. The van der Waals surface area contributed by atoms with Crippen LogP contribution < -0.4 is 5.32 Å². The standard InChI is InChI=1S/C16H21NO/c1-4-15(14-9-7-12(2)8-10-14)17-13(3)16-6-5-11-18-16/h5-11,13,15,17H,4H2,1-3H3. The third kappa shape index (κ3) is 3.02. The van der Waals surface area contributed by atoms with Crippen LogP contribution in [-0.4, -0.2) is 0 Å². The van der Waals surface area contributed by atoms with E-state index in [1.54, 1.807) is 6.26 Å². The minimum Gasteiger partial charge on any atom is -0.468 e. The van der Waals surface area contributed by atoms with E-state index < -0.39 is 0 Å². The van der Waals surface area contributed by atoms with Gasteiger partial charge in [-0.25, -0.2) is 0 Å². The van der Waals surface area contributed by atoms with Crippen LogP contribution in [0.25, 0.3) is 0 Å². The smallest absolute Gasteiger partial charge is 0.120 e. The highest BCUT2D eigenvalue weighted by atomic mass is 16.3. The molecule has 0 amide bonds. The number of rotatable bonds is 5. The van der Waals surface area contributed by atoms with Crippen molar-refractivity contribution in [3.8, 4) is 0 Å². The first kappa shape index (κ1) is 12.9. The lowest BCUT2D eigenvalue weighted by molar-refractivity contribution is 0.387. The lowest BCUT2D eigenvalue weighted by Crippen LogP contribution is -2.23. The van der Waals surface area contributed by atoms with Gasteiger partial charge in [0, 0.05) is 6.04 Å². The molecule has 2 aromatic rings. The maximum absolute atomic E-state index is 5.43. The molecule has 0 aliphatic carbocycles. The average molecular weight is 243 g/mol. The highest BCUT2D eigenvalue weighted by Gasteiger charge is 2.15. The van der Waals surface area contributed by atoms with Crippen LogP contribution in [0.2, 0.25) is 0 Å². The maximum Gasteiger partial charge on any atom is 0.120 e. The minimum absolute atomic E-state index is 0.228. The van der Waals surface area contributed by atoms with E-state index in [-0.39, 0.29) is 6.04 Å². The first-order chi connectivity index (χ1) is 8.70. The molecule has 0 spiro atoms. The SMILES string of the molecule is CCC(NC(C)c1ccco1)c1ccc(C)cc1. The van der Waals surface area contributed by atoms with Crippen molar-refractivity contribution in [2.24, 2.45) is 0 Å². The Morgan fingerprint density at radius 1 is 1.17 bits per heavy atom. The van der Waals surface area contributed by atoms with Crippen LogP contribution >= 0.6 is 0 Å². The Labute approximate surface area is 109 Å². The summed E-state index contributed by atoms with van der Waals surface area (Å²) < 4.78 is 5.43. The molecule has 0 saturated heterocycles. The highest BCUT2D eigenvalue weighted by Crippen LogP contribution is 2.22. The van der Waals surface area contributed by atoms with Crippen molar-refractivity contribution < 1.29 is 4.42 Å². The summed E-state index contributed by atoms with van der Waals surface area (Å²) >= 11 is 0. The summed E-state index contributed by atoms with van der Waals surface area (Å²) in [6.45, 7) is 6.45. The molecule has 0 saturated carbocycles. The zero-order chi connectivity index (χ0) is 13.0. The monoisotopic (exact) mass is 243 g/mol. The van der Waals surface area contributed by atoms with Crippen LogP contribution in [0.3, 0.4) is 0 Å². The van der Waals surface area contributed by atoms with Gasteiger partial charge >= 0.3 is 0 Å². The molecule has 2 rings (SSSR count). The zero-order valence-electron chi connectivity index (χ0n) is 11.3. The molecule has 0 fully saturated rings. The van der Waals surface area contributed by atoms with Crippen molar-refractivity contribution in [1.29, 1.82) is 0 Å². The summed E-state index contributed by atoms with van der Waals surface area (Å²) in [5, 5.41) is 3.61. The Morgan fingerprint density at radius 2 is 1.89 bits per heavy atom. The predicted molar refractivity (Wildman–Crippen MR) is 74.5 cm³/mol. The van der Waals surface area contributed by atoms with E-state index in [0.717, 1.165) is 12.2 Å². The molecule has 1 N–H and O–H groups in total. The van der Waals surface area contributed by atoms with Gasteiger partial charge in [-0.15, -0.1) is 0 Å². The molecule has 1 heterocycles. The van der Waals surface area contributed by atoms with Gasteiger partial charge in [0.2, 0.25) is 0 Å². The lowest BCUT2D eigenvalue weighted by Gasteiger charge is -2.21. The molecule has 0 bridgehead atoms. The van der Waals surface area contributed by atoms with E-state index in [1.807, 2.05) is 12.1 Å². The van der Waals surface area contributed by atoms with Gasteiger partial charge in [0.05, 0.1) is 12.3 Å². The first-order valence-corrected chi connectivity index (χ1v) is 6.56. The minimum atomic E-state index is 0.228. The summed E-state index contributed by atoms with van der Waals surface area (Å²) in [6.07, 6.45) is 2.79. The van der Waals surface area contributed by atoms with Gasteiger partial charge in [-0.2, -0.15) is 0 Å². The van der Waals surface area contributed by atoms with Crippen molar-refractivity contribution in [3.05, 3.63) is 59.5 Å². The molecule has 18 heavy (non-hydrogen) atoms. The number of hydrogen-bond acceptors (Lipinski definition) is 2. The summed E-state index contributed by atoms with van der Waals surface area (Å²) in [5.41, 5.74) is 2.63. The fourth-order valence-electron chi connectivity index (χ4n) is 2.17. The van der Waals surface area contributed by atoms with Crippen LogP contribution in [0.5, 0.6) is 0 Å². The van der Waals surface area contributed by atoms with Gasteiger partial charge in [-0.1, -0.05) is 36.8 Å². The fourth-order valence-corrected chi connectivity index (χ4v) is 2.17. The van der Waals surface area contributed by atoms with E-state index in [1.165, 1.54) is 11.1 Å². The van der Waals surface area contributed by atoms with Gasteiger partial charge < -0.3 is 9.73 Å². The van der Waals surface area contributed by atoms with Gasteiger partial charge in [-0.3, -0.25) is 0 Å². The van der Waals surface area contributed by atoms with Crippen LogP contribution in [0.1, 0.15) is 49.2 Å². The number of aryl methyl sites for hydroxylation is 1. The molecule has 2 unspecified atom stereocenters. The molecule has 1 aromatic carbocycles. The van der Waals surface area contributed by atoms with Crippen LogP contribution in [-0.2, 0) is 0 Å². The summed E-state index contributed by atoms with van der Waals surface area (Å²) in [7, 11) is 0. The highest BCUT2D eigenvalue weighted by molar-refractivity contribution is 5.24. The van der Waals surface area contributed by atoms with Crippen LogP contribution in [0.4, 0.5) is 0 Å². The Balaban J connectivity index is 2.07. The largest absolute Gasteiger partial charge is 0.468 e. The van der Waals surface area contributed by atoms with Crippen molar-refractivity contribution in [2.75, 3.05) is 0 Å². The Bertz CT molecular complexity index is 458. The Kier molecular flexibility index (Phi) is 4.21. The number of benzene rings is 1. The molecule has 2 atom stereocenters. The van der Waals surface area contributed by atoms with Crippen molar-refractivity contribution in [2.45, 2.75) is 39.3 Å². The molecular weight excluding hydrogens is 222 g/mol. The van der Waals surface area contributed by atoms with Crippen LogP contribution in [0, 0.1) is 6.92 Å². The number of hydrogen-bond donors (Lipinski definition) is 1. The predicted octanol–water partition coefficient (Wildman–Crippen LogP) is 4.39. The second kappa shape index (κ2) is 5.87. The van der Waals surface area contributed by atoms with Crippen molar-refractivity contribution in [3.63, 3.8) is 0 Å². The molecule has 0 aliphatic rings. The second-order valence-corrected chi connectivity index (χ2v) is 4.78. The zero-order valence-corrected chi connectivity index (χ0v) is 11.3. The summed E-state index contributed by atoms with van der Waals surface area (Å²) in [6, 6.07) is 13.3. The van der Waals surface area contributed by atoms with Crippen LogP contribution in [0.15, 0.2) is 47.1 Å². The van der Waals surface area contributed by atoms with Gasteiger partial charge in [0.1, 0.15) is 5.76 Å². The van der Waals surface area contributed by atoms with E-state index in [0.29, 0.717) is 6.04 Å². The number of furan rings is 1. The van der Waals surface area contributed by atoms with E-state index in [2.05, 4.69) is 50.4 Å². The molecular formula is C16H21NO. The Morgan fingerprint density at radius 3 is 2.44 bits per heavy atom. The third-order valence-corrected chi connectivity index (χ3v) is 3.31. The number of nitrogens with one attached hydrogen (secondary N) is 1. The lowest BCUT2D eigenvalue weighted by atomic mass is 10.0. The summed E-state index contributed by atoms with van der Waals surface area (Å²) in [5.74, 6) is 0.987. The van der Waals surface area contributed by atoms with E-state index >= 15 is 0 Å². The van der Waals surface area contributed by atoms with Gasteiger partial charge in [0.25, 0.3) is 0 Å². The van der Waals surface area contributed by atoms with E-state index in [9.17, 15) is 0 Å². The topological polar surface area (TPSA) is 25.2 Å². The molecule has 2 nitrogen and oxygen atoms in total. The van der Waals surface area contributed by atoms with Crippen molar-refractivity contribution >= 4 is 0 Å². The molecule has 2 heteroatoms. The molecule has 0 radical (unpaired) electrons. The summed E-state index contributed by atoms with van der Waals surface area (Å²) in [4.78, 5) is 0. The Hall–Kier alpha value is -1.54. The van der Waals surface area contributed by atoms with E-state index in [4.69, 9.17) is 4.42 Å². The normalized spacial score (nSPS) is 14.4. The molecule has 96 valence electrons. The quantitative estimate of drug-likeness (QED) is 0.842. The average Bonchev–Trinajstić information content (AvgIpc) is 2.91. The second-order valence-electron chi connectivity index (χ2n) is 4.78. The molecule has 0 aliphatic heterocycles. The molecule has 1 aromatic heterocycles. The van der Waals surface area contributed by atoms with Gasteiger partial charge in [0.15, 0.2) is 0 Å².